The molecule has 0 amide bonds. The Kier molecular flexibility index (Phi) is 3.54. The Hall–Kier alpha value is -1.56. The zero-order valence-electron chi connectivity index (χ0n) is 11.4. The van der Waals surface area contributed by atoms with E-state index in [4.69, 9.17) is 5.73 Å². The second-order valence-corrected chi connectivity index (χ2v) is 7.13. The summed E-state index contributed by atoms with van der Waals surface area (Å²) in [7, 11) is -3.02. The van der Waals surface area contributed by atoms with Gasteiger partial charge in [0.2, 0.25) is 0 Å². The van der Waals surface area contributed by atoms with Crippen LogP contribution < -0.4 is 5.73 Å². The molecule has 0 spiro atoms. The average molecular weight is 281 g/mol. The normalized spacial score (nSPS) is 13.8. The Balaban J connectivity index is 2.57. The van der Waals surface area contributed by atoms with Crippen molar-refractivity contribution in [1.29, 1.82) is 0 Å². The van der Waals surface area contributed by atoms with Crippen molar-refractivity contribution in [1.82, 2.24) is 9.55 Å². The third kappa shape index (κ3) is 2.89. The third-order valence-corrected chi connectivity index (χ3v) is 4.18. The Morgan fingerprint density at radius 1 is 1.42 bits per heavy atom. The Labute approximate surface area is 113 Å². The number of sulfone groups is 1. The van der Waals surface area contributed by atoms with Crippen LogP contribution in [-0.4, -0.2) is 30.0 Å². The fourth-order valence-electron chi connectivity index (χ4n) is 2.42. The Morgan fingerprint density at radius 2 is 2.11 bits per heavy atom. The van der Waals surface area contributed by atoms with Gasteiger partial charge in [0.25, 0.3) is 0 Å². The first-order valence-electron chi connectivity index (χ1n) is 6.26. The number of aromatic nitrogens is 2. The number of aryl methyl sites for hydroxylation is 1. The number of imidazole rings is 1. The first-order chi connectivity index (χ1) is 8.81. The molecule has 1 atom stereocenters. The molecule has 1 aromatic carbocycles. The van der Waals surface area contributed by atoms with Gasteiger partial charge in [0, 0.05) is 24.4 Å². The molecular formula is C13H19N3O2S. The molecule has 0 aliphatic rings. The molecule has 6 heteroatoms. The van der Waals surface area contributed by atoms with Crippen molar-refractivity contribution in [3.05, 3.63) is 24.0 Å². The quantitative estimate of drug-likeness (QED) is 0.867. The van der Waals surface area contributed by atoms with Crippen LogP contribution in [0.3, 0.4) is 0 Å². The topological polar surface area (TPSA) is 78.0 Å². The van der Waals surface area contributed by atoms with Crippen molar-refractivity contribution in [2.45, 2.75) is 26.3 Å². The van der Waals surface area contributed by atoms with E-state index in [-0.39, 0.29) is 11.8 Å². The SMILES string of the molecule is CCc1nc2cc(N)ccc2n1C(C)CS(C)(=O)=O. The molecular weight excluding hydrogens is 262 g/mol. The van der Waals surface area contributed by atoms with Gasteiger partial charge in [-0.3, -0.25) is 0 Å². The van der Waals surface area contributed by atoms with Gasteiger partial charge in [-0.1, -0.05) is 6.92 Å². The van der Waals surface area contributed by atoms with E-state index in [0.717, 1.165) is 23.3 Å². The number of fused-ring (bicyclic) bond motifs is 1. The van der Waals surface area contributed by atoms with E-state index < -0.39 is 9.84 Å². The minimum absolute atomic E-state index is 0.107. The van der Waals surface area contributed by atoms with Crippen LogP contribution in [0.15, 0.2) is 18.2 Å². The molecule has 2 N–H and O–H groups in total. The monoisotopic (exact) mass is 281 g/mol. The van der Waals surface area contributed by atoms with Crippen LogP contribution in [0.1, 0.15) is 25.7 Å². The summed E-state index contributed by atoms with van der Waals surface area (Å²) in [6.45, 7) is 3.91. The van der Waals surface area contributed by atoms with Gasteiger partial charge in [0.15, 0.2) is 0 Å². The lowest BCUT2D eigenvalue weighted by atomic mass is 10.2. The molecule has 0 aliphatic heterocycles. The van der Waals surface area contributed by atoms with Crippen LogP contribution in [0.5, 0.6) is 0 Å². The molecule has 0 fully saturated rings. The van der Waals surface area contributed by atoms with E-state index in [1.807, 2.05) is 36.6 Å². The summed E-state index contributed by atoms with van der Waals surface area (Å²) in [5.74, 6) is 0.993. The number of benzene rings is 1. The number of nitrogens with zero attached hydrogens (tertiary/aromatic N) is 2. The fourth-order valence-corrected chi connectivity index (χ4v) is 3.44. The smallest absolute Gasteiger partial charge is 0.149 e. The Morgan fingerprint density at radius 3 is 2.68 bits per heavy atom. The van der Waals surface area contributed by atoms with Crippen LogP contribution in [0.2, 0.25) is 0 Å². The van der Waals surface area contributed by atoms with Crippen molar-refractivity contribution in [3.63, 3.8) is 0 Å². The highest BCUT2D eigenvalue weighted by Gasteiger charge is 2.18. The maximum Gasteiger partial charge on any atom is 0.149 e. The van der Waals surface area contributed by atoms with Crippen LogP contribution in [0.4, 0.5) is 5.69 Å². The summed E-state index contributed by atoms with van der Waals surface area (Å²) in [5.41, 5.74) is 8.17. The predicted octanol–water partition coefficient (Wildman–Crippen LogP) is 1.79. The number of anilines is 1. The molecule has 0 saturated carbocycles. The van der Waals surface area contributed by atoms with E-state index >= 15 is 0 Å². The summed E-state index contributed by atoms with van der Waals surface area (Å²) in [6, 6.07) is 5.39. The van der Waals surface area contributed by atoms with Gasteiger partial charge in [0.1, 0.15) is 15.7 Å². The minimum atomic E-state index is -3.02. The van der Waals surface area contributed by atoms with Crippen molar-refractivity contribution < 1.29 is 8.42 Å². The third-order valence-electron chi connectivity index (χ3n) is 3.09. The fraction of sp³-hybridized carbons (Fsp3) is 0.462. The highest BCUT2D eigenvalue weighted by Crippen LogP contribution is 2.24. The molecule has 2 aromatic rings. The first-order valence-corrected chi connectivity index (χ1v) is 8.32. The number of rotatable bonds is 4. The summed E-state index contributed by atoms with van der Waals surface area (Å²) >= 11 is 0. The second-order valence-electron chi connectivity index (χ2n) is 4.94. The first kappa shape index (κ1) is 13.9. The van der Waals surface area contributed by atoms with Gasteiger partial charge in [-0.05, 0) is 25.1 Å². The predicted molar refractivity (Wildman–Crippen MR) is 77.9 cm³/mol. The van der Waals surface area contributed by atoms with E-state index in [1.54, 1.807) is 0 Å². The maximum atomic E-state index is 11.5. The number of hydrogen-bond acceptors (Lipinski definition) is 4. The maximum absolute atomic E-state index is 11.5. The van der Waals surface area contributed by atoms with Crippen LogP contribution in [-0.2, 0) is 16.3 Å². The molecule has 0 radical (unpaired) electrons. The summed E-state index contributed by atoms with van der Waals surface area (Å²) < 4.78 is 24.9. The zero-order chi connectivity index (χ0) is 14.2. The van der Waals surface area contributed by atoms with Gasteiger partial charge < -0.3 is 10.3 Å². The zero-order valence-corrected chi connectivity index (χ0v) is 12.2. The van der Waals surface area contributed by atoms with Gasteiger partial charge >= 0.3 is 0 Å². The van der Waals surface area contributed by atoms with E-state index in [1.165, 1.54) is 6.26 Å². The summed E-state index contributed by atoms with van der Waals surface area (Å²) in [4.78, 5) is 4.53. The van der Waals surface area contributed by atoms with Crippen LogP contribution >= 0.6 is 0 Å². The van der Waals surface area contributed by atoms with Crippen molar-refractivity contribution in [3.8, 4) is 0 Å². The second kappa shape index (κ2) is 4.85. The molecule has 0 aliphatic carbocycles. The molecule has 1 unspecified atom stereocenters. The molecule has 104 valence electrons. The van der Waals surface area contributed by atoms with Crippen LogP contribution in [0, 0.1) is 0 Å². The van der Waals surface area contributed by atoms with Gasteiger partial charge in [0.05, 0.1) is 16.8 Å². The highest BCUT2D eigenvalue weighted by molar-refractivity contribution is 7.90. The minimum Gasteiger partial charge on any atom is -0.399 e. The number of hydrogen-bond donors (Lipinski definition) is 1. The molecule has 0 saturated heterocycles. The van der Waals surface area contributed by atoms with Crippen LogP contribution in [0.25, 0.3) is 11.0 Å². The van der Waals surface area contributed by atoms with Crippen molar-refractivity contribution in [2.75, 3.05) is 17.7 Å². The summed E-state index contributed by atoms with van der Waals surface area (Å²) in [6.07, 6.45) is 2.01. The lowest BCUT2D eigenvalue weighted by Gasteiger charge is -2.16. The molecule has 2 rings (SSSR count). The van der Waals surface area contributed by atoms with Crippen molar-refractivity contribution in [2.24, 2.45) is 0 Å². The number of nitrogen functional groups attached to an aromatic ring is 1. The largest absolute Gasteiger partial charge is 0.399 e. The average Bonchev–Trinajstić information content (AvgIpc) is 2.63. The van der Waals surface area contributed by atoms with E-state index in [2.05, 4.69) is 4.98 Å². The lowest BCUT2D eigenvalue weighted by molar-refractivity contribution is 0.557. The molecule has 1 aromatic heterocycles. The van der Waals surface area contributed by atoms with E-state index in [0.29, 0.717) is 5.69 Å². The lowest BCUT2D eigenvalue weighted by Crippen LogP contribution is -2.18. The Bertz CT molecular complexity index is 704. The van der Waals surface area contributed by atoms with Gasteiger partial charge in [-0.2, -0.15) is 0 Å². The van der Waals surface area contributed by atoms with Crippen molar-refractivity contribution >= 4 is 26.6 Å². The highest BCUT2D eigenvalue weighted by atomic mass is 32.2. The molecule has 5 nitrogen and oxygen atoms in total. The molecule has 0 bridgehead atoms. The number of nitrogens with two attached hydrogens (primary N) is 1. The van der Waals surface area contributed by atoms with Gasteiger partial charge in [-0.15, -0.1) is 0 Å². The standard InChI is InChI=1S/C13H19N3O2S/c1-4-13-15-11-7-10(14)5-6-12(11)16(13)9(2)8-19(3,17)18/h5-7,9H,4,8,14H2,1-3H3. The molecule has 1 heterocycles. The van der Waals surface area contributed by atoms with Gasteiger partial charge in [-0.25, -0.2) is 13.4 Å². The summed E-state index contributed by atoms with van der Waals surface area (Å²) in [5, 5.41) is 0. The van der Waals surface area contributed by atoms with E-state index in [9.17, 15) is 8.42 Å². The molecule has 19 heavy (non-hydrogen) atoms.